The van der Waals surface area contributed by atoms with Crippen LogP contribution in [0.2, 0.25) is 0 Å². The Morgan fingerprint density at radius 1 is 1.11 bits per heavy atom. The highest BCUT2D eigenvalue weighted by molar-refractivity contribution is 7.07. The molecule has 0 aliphatic carbocycles. The number of likely N-dealkylation sites (N-methyl/N-ethyl adjacent to an activating group) is 1. The van der Waals surface area contributed by atoms with Crippen molar-refractivity contribution < 1.29 is 14.6 Å². The van der Waals surface area contributed by atoms with E-state index in [9.17, 15) is 14.7 Å². The number of allylic oxidation sites excluding steroid dienone is 1. The van der Waals surface area contributed by atoms with Gasteiger partial charge >= 0.3 is 0 Å². The van der Waals surface area contributed by atoms with Crippen LogP contribution in [0.4, 0.5) is 0 Å². The molecule has 0 bridgehead atoms. The van der Waals surface area contributed by atoms with E-state index >= 15 is 0 Å². The van der Waals surface area contributed by atoms with Gasteiger partial charge in [-0.05, 0) is 61.4 Å². The normalized spacial score (nSPS) is 15.4. The Bertz CT molecular complexity index is 1750. The van der Waals surface area contributed by atoms with Gasteiger partial charge in [-0.25, -0.2) is 4.99 Å². The van der Waals surface area contributed by atoms with Crippen LogP contribution >= 0.6 is 11.3 Å². The molecule has 0 saturated carbocycles. The van der Waals surface area contributed by atoms with Crippen LogP contribution < -0.4 is 19.6 Å². The molecule has 1 aliphatic rings. The minimum Gasteiger partial charge on any atom is -0.508 e. The van der Waals surface area contributed by atoms with Crippen molar-refractivity contribution >= 4 is 34.1 Å². The number of thiazole rings is 1. The van der Waals surface area contributed by atoms with Gasteiger partial charge < -0.3 is 14.7 Å². The number of benzene rings is 3. The maximum Gasteiger partial charge on any atom is 0.271 e. The van der Waals surface area contributed by atoms with Crippen molar-refractivity contribution in [2.24, 2.45) is 4.99 Å². The molecule has 3 aromatic carbocycles. The smallest absolute Gasteiger partial charge is 0.271 e. The second-order valence-corrected chi connectivity index (χ2v) is 10.1. The number of aromatic hydroxyl groups is 1. The fraction of sp³-hybridized carbons (Fsp3) is 0.233. The van der Waals surface area contributed by atoms with Crippen molar-refractivity contribution in [2.75, 3.05) is 20.2 Å². The van der Waals surface area contributed by atoms with Crippen molar-refractivity contribution in [3.63, 3.8) is 0 Å². The third-order valence-corrected chi connectivity index (χ3v) is 7.90. The average Bonchev–Trinajstić information content (AvgIpc) is 3.23. The van der Waals surface area contributed by atoms with Crippen LogP contribution in [0.5, 0.6) is 11.5 Å². The number of methoxy groups -OCH3 is 1. The van der Waals surface area contributed by atoms with Gasteiger partial charge in [0.2, 0.25) is 0 Å². The molecule has 2 heterocycles. The van der Waals surface area contributed by atoms with Gasteiger partial charge in [-0.2, -0.15) is 0 Å². The average molecular weight is 528 g/mol. The molecule has 0 radical (unpaired) electrons. The summed E-state index contributed by atoms with van der Waals surface area (Å²) >= 11 is 1.28. The summed E-state index contributed by atoms with van der Waals surface area (Å²) in [6.07, 6.45) is 1.78. The van der Waals surface area contributed by atoms with Gasteiger partial charge in [0, 0.05) is 18.7 Å². The lowest BCUT2D eigenvalue weighted by Gasteiger charge is -2.30. The number of ether oxygens (including phenoxy) is 1. The number of phenols is 1. The standard InChI is InChI=1S/C30H29N3O4S/c1-5-32(6-2)29(36)25-18(3)31-30-33(28(35)24(38-30)17-19-11-14-21(34)15-12-19)27(25)26-22-10-8-7-9-20(22)13-16-23(26)37-4/h7-17,27,34H,5-6H2,1-4H3/b24-17+/t27-/m0/s1. The summed E-state index contributed by atoms with van der Waals surface area (Å²) in [4.78, 5) is 35.0. The van der Waals surface area contributed by atoms with E-state index in [0.717, 1.165) is 21.9 Å². The Balaban J connectivity index is 1.85. The van der Waals surface area contributed by atoms with Gasteiger partial charge in [0.05, 0.1) is 22.9 Å². The third kappa shape index (κ3) is 4.31. The number of carbonyl (C=O) groups is 1. The second kappa shape index (κ2) is 10.3. The third-order valence-electron chi connectivity index (χ3n) is 6.92. The first kappa shape index (κ1) is 25.5. The summed E-state index contributed by atoms with van der Waals surface area (Å²) in [5.41, 5.74) is 2.35. The summed E-state index contributed by atoms with van der Waals surface area (Å²) in [5.74, 6) is 0.604. The molecule has 1 atom stereocenters. The quantitative estimate of drug-likeness (QED) is 0.411. The Morgan fingerprint density at radius 2 is 1.82 bits per heavy atom. The Kier molecular flexibility index (Phi) is 6.91. The fourth-order valence-corrected chi connectivity index (χ4v) is 6.05. The van der Waals surface area contributed by atoms with Crippen LogP contribution in [-0.4, -0.2) is 40.7 Å². The number of nitrogens with zero attached hydrogens (tertiary/aromatic N) is 3. The zero-order valence-electron chi connectivity index (χ0n) is 21.8. The number of amides is 1. The molecule has 0 fully saturated rings. The number of rotatable bonds is 6. The molecular weight excluding hydrogens is 498 g/mol. The van der Waals surface area contributed by atoms with Crippen LogP contribution in [-0.2, 0) is 4.79 Å². The van der Waals surface area contributed by atoms with Gasteiger partial charge in [-0.1, -0.05) is 53.8 Å². The topological polar surface area (TPSA) is 84.1 Å². The summed E-state index contributed by atoms with van der Waals surface area (Å²) < 4.78 is 7.95. The summed E-state index contributed by atoms with van der Waals surface area (Å²) in [7, 11) is 1.60. The van der Waals surface area contributed by atoms with Crippen molar-refractivity contribution in [1.29, 1.82) is 0 Å². The largest absolute Gasteiger partial charge is 0.508 e. The minimum absolute atomic E-state index is 0.149. The maximum absolute atomic E-state index is 14.0. The Morgan fingerprint density at radius 3 is 2.50 bits per heavy atom. The van der Waals surface area contributed by atoms with E-state index in [1.165, 1.54) is 11.3 Å². The number of fused-ring (bicyclic) bond motifs is 2. The number of aromatic nitrogens is 1. The van der Waals surface area contributed by atoms with Crippen molar-refractivity contribution in [3.05, 3.63) is 103 Å². The van der Waals surface area contributed by atoms with Gasteiger partial charge in [-0.15, -0.1) is 0 Å². The molecule has 1 aromatic heterocycles. The lowest BCUT2D eigenvalue weighted by atomic mass is 9.90. The summed E-state index contributed by atoms with van der Waals surface area (Å²) in [6.45, 7) is 6.79. The van der Waals surface area contributed by atoms with Crippen LogP contribution in [0.3, 0.4) is 0 Å². The van der Waals surface area contributed by atoms with Gasteiger partial charge in [0.1, 0.15) is 17.5 Å². The molecule has 0 spiro atoms. The molecule has 1 amide bonds. The molecule has 7 nitrogen and oxygen atoms in total. The van der Waals surface area contributed by atoms with E-state index in [0.29, 0.717) is 39.4 Å². The summed E-state index contributed by atoms with van der Waals surface area (Å²) in [5, 5.41) is 11.5. The highest BCUT2D eigenvalue weighted by atomic mass is 32.1. The van der Waals surface area contributed by atoms with Gasteiger partial charge in [0.15, 0.2) is 4.80 Å². The van der Waals surface area contributed by atoms with E-state index < -0.39 is 6.04 Å². The SMILES string of the molecule is CCN(CC)C(=O)C1=C(C)N=c2s/c(=C/c3ccc(O)cc3)c(=O)n2[C@@H]1c1c(OC)ccc2ccccc12. The van der Waals surface area contributed by atoms with E-state index in [4.69, 9.17) is 9.73 Å². The monoisotopic (exact) mass is 527 g/mol. The highest BCUT2D eigenvalue weighted by Crippen LogP contribution is 2.40. The van der Waals surface area contributed by atoms with E-state index in [2.05, 4.69) is 0 Å². The number of hydrogen-bond acceptors (Lipinski definition) is 6. The molecule has 194 valence electrons. The fourth-order valence-electron chi connectivity index (χ4n) is 5.01. The van der Waals surface area contributed by atoms with E-state index in [1.807, 2.05) is 57.2 Å². The first-order chi connectivity index (χ1) is 18.4. The van der Waals surface area contributed by atoms with Gasteiger partial charge in [-0.3, -0.25) is 14.2 Å². The molecule has 1 N–H and O–H groups in total. The first-order valence-electron chi connectivity index (χ1n) is 12.5. The number of hydrogen-bond donors (Lipinski definition) is 1. The molecule has 0 saturated heterocycles. The molecule has 1 aliphatic heterocycles. The lowest BCUT2D eigenvalue weighted by molar-refractivity contribution is -0.127. The first-order valence-corrected chi connectivity index (χ1v) is 13.4. The van der Waals surface area contributed by atoms with Crippen LogP contribution in [0.15, 0.2) is 81.7 Å². The molecule has 5 rings (SSSR count). The zero-order chi connectivity index (χ0) is 27.0. The number of carbonyl (C=O) groups excluding carboxylic acids is 1. The van der Waals surface area contributed by atoms with E-state index in [-0.39, 0.29) is 17.2 Å². The molecule has 8 heteroatoms. The lowest BCUT2D eigenvalue weighted by Crippen LogP contribution is -2.43. The zero-order valence-corrected chi connectivity index (χ0v) is 22.6. The van der Waals surface area contributed by atoms with Crippen molar-refractivity contribution in [2.45, 2.75) is 26.8 Å². The Hall–Kier alpha value is -4.17. The predicted octanol–water partition coefficient (Wildman–Crippen LogP) is 3.97. The molecular formula is C30H29N3O4S. The number of phenolic OH excluding ortho intramolecular Hbond substituents is 1. The molecule has 4 aromatic rings. The van der Waals surface area contributed by atoms with E-state index in [1.54, 1.807) is 46.9 Å². The highest BCUT2D eigenvalue weighted by Gasteiger charge is 2.36. The second-order valence-electron chi connectivity index (χ2n) is 9.05. The Labute approximate surface area is 224 Å². The van der Waals surface area contributed by atoms with Gasteiger partial charge in [0.25, 0.3) is 11.5 Å². The molecule has 0 unspecified atom stereocenters. The maximum atomic E-state index is 14.0. The van der Waals surface area contributed by atoms with Crippen LogP contribution in [0.25, 0.3) is 16.8 Å². The van der Waals surface area contributed by atoms with Crippen LogP contribution in [0.1, 0.15) is 37.9 Å². The predicted molar refractivity (Wildman–Crippen MR) is 150 cm³/mol. The van der Waals surface area contributed by atoms with Crippen molar-refractivity contribution in [3.8, 4) is 11.5 Å². The van der Waals surface area contributed by atoms with Crippen LogP contribution in [0, 0.1) is 0 Å². The van der Waals surface area contributed by atoms with Crippen molar-refractivity contribution in [1.82, 2.24) is 9.47 Å². The summed E-state index contributed by atoms with van der Waals surface area (Å²) in [6, 6.07) is 17.7. The molecule has 38 heavy (non-hydrogen) atoms. The minimum atomic E-state index is -0.720.